The summed E-state index contributed by atoms with van der Waals surface area (Å²) in [5.41, 5.74) is 8.91. The number of nitrogen functional groups attached to an aromatic ring is 1. The van der Waals surface area contributed by atoms with E-state index in [1.54, 1.807) is 25.3 Å². The number of halogens is 1. The van der Waals surface area contributed by atoms with Crippen molar-refractivity contribution in [3.05, 3.63) is 63.6 Å². The van der Waals surface area contributed by atoms with Gasteiger partial charge in [0.05, 0.1) is 12.2 Å². The molecule has 5 heteroatoms. The highest BCUT2D eigenvalue weighted by Gasteiger charge is 2.10. The number of anilines is 1. The average Bonchev–Trinajstić information content (AvgIpc) is 2.48. The predicted octanol–water partition coefficient (Wildman–Crippen LogP) is 3.11. The van der Waals surface area contributed by atoms with Gasteiger partial charge in [0.1, 0.15) is 0 Å². The fourth-order valence-corrected chi connectivity index (χ4v) is 2.42. The highest BCUT2D eigenvalue weighted by molar-refractivity contribution is 9.10. The van der Waals surface area contributed by atoms with Crippen LogP contribution in [-0.4, -0.2) is 13.0 Å². The van der Waals surface area contributed by atoms with Crippen LogP contribution in [0.2, 0.25) is 0 Å². The standard InChI is InChI=1S/C16H17BrN2O2/c1-21-10-12-4-2-3-11(7-12)9-19-16(20)14-8-13(18)5-6-15(14)17/h2-8H,9-10,18H2,1H3,(H,19,20). The van der Waals surface area contributed by atoms with Crippen LogP contribution in [0.15, 0.2) is 46.9 Å². The van der Waals surface area contributed by atoms with Crippen molar-refractivity contribution in [2.45, 2.75) is 13.2 Å². The number of methoxy groups -OCH3 is 1. The lowest BCUT2D eigenvalue weighted by molar-refractivity contribution is 0.0950. The lowest BCUT2D eigenvalue weighted by Gasteiger charge is -2.09. The third-order valence-electron chi connectivity index (χ3n) is 2.99. The summed E-state index contributed by atoms with van der Waals surface area (Å²) in [6.07, 6.45) is 0. The van der Waals surface area contributed by atoms with E-state index in [4.69, 9.17) is 10.5 Å². The Labute approximate surface area is 132 Å². The molecule has 0 aliphatic carbocycles. The Hall–Kier alpha value is -1.85. The van der Waals surface area contributed by atoms with Crippen molar-refractivity contribution in [2.24, 2.45) is 0 Å². The Kier molecular flexibility index (Phi) is 5.36. The fraction of sp³-hybridized carbons (Fsp3) is 0.188. The first-order chi connectivity index (χ1) is 10.1. The van der Waals surface area contributed by atoms with Gasteiger partial charge in [-0.2, -0.15) is 0 Å². The number of hydrogen-bond acceptors (Lipinski definition) is 3. The highest BCUT2D eigenvalue weighted by Crippen LogP contribution is 2.19. The van der Waals surface area contributed by atoms with Gasteiger partial charge >= 0.3 is 0 Å². The van der Waals surface area contributed by atoms with Gasteiger partial charge in [0.2, 0.25) is 0 Å². The average molecular weight is 349 g/mol. The minimum Gasteiger partial charge on any atom is -0.399 e. The quantitative estimate of drug-likeness (QED) is 0.816. The molecule has 0 saturated carbocycles. The summed E-state index contributed by atoms with van der Waals surface area (Å²) in [5, 5.41) is 2.89. The van der Waals surface area contributed by atoms with E-state index in [0.717, 1.165) is 15.6 Å². The zero-order valence-corrected chi connectivity index (χ0v) is 13.3. The molecule has 0 saturated heterocycles. The fourth-order valence-electron chi connectivity index (χ4n) is 1.99. The molecule has 0 aromatic heterocycles. The molecular formula is C16H17BrN2O2. The molecule has 0 aliphatic rings. The van der Waals surface area contributed by atoms with Crippen LogP contribution >= 0.6 is 15.9 Å². The Balaban J connectivity index is 2.04. The third kappa shape index (κ3) is 4.31. The molecule has 21 heavy (non-hydrogen) atoms. The second-order valence-electron chi connectivity index (χ2n) is 4.67. The minimum absolute atomic E-state index is 0.161. The van der Waals surface area contributed by atoms with Gasteiger partial charge in [-0.1, -0.05) is 24.3 Å². The molecule has 2 aromatic rings. The molecule has 0 atom stereocenters. The molecule has 1 amide bonds. The summed E-state index contributed by atoms with van der Waals surface area (Å²) in [7, 11) is 1.66. The van der Waals surface area contributed by atoms with Crippen LogP contribution in [0.4, 0.5) is 5.69 Å². The predicted molar refractivity (Wildman–Crippen MR) is 86.9 cm³/mol. The Morgan fingerprint density at radius 1 is 1.24 bits per heavy atom. The molecular weight excluding hydrogens is 332 g/mol. The number of ether oxygens (including phenoxy) is 1. The smallest absolute Gasteiger partial charge is 0.252 e. The molecule has 2 aromatic carbocycles. The summed E-state index contributed by atoms with van der Waals surface area (Å²) >= 11 is 3.36. The SMILES string of the molecule is COCc1cccc(CNC(=O)c2cc(N)ccc2Br)c1. The van der Waals surface area contributed by atoms with Gasteiger partial charge in [0.15, 0.2) is 0 Å². The van der Waals surface area contributed by atoms with Gasteiger partial charge in [0.25, 0.3) is 5.91 Å². The van der Waals surface area contributed by atoms with Crippen molar-refractivity contribution in [1.82, 2.24) is 5.32 Å². The van der Waals surface area contributed by atoms with Gasteiger partial charge in [-0.25, -0.2) is 0 Å². The maximum atomic E-state index is 12.2. The van der Waals surface area contributed by atoms with Crippen LogP contribution in [-0.2, 0) is 17.9 Å². The second kappa shape index (κ2) is 7.24. The number of benzene rings is 2. The summed E-state index contributed by atoms with van der Waals surface area (Å²) < 4.78 is 5.82. The van der Waals surface area contributed by atoms with Crippen molar-refractivity contribution < 1.29 is 9.53 Å². The van der Waals surface area contributed by atoms with E-state index in [9.17, 15) is 4.79 Å². The highest BCUT2D eigenvalue weighted by atomic mass is 79.9. The van der Waals surface area contributed by atoms with E-state index in [-0.39, 0.29) is 5.91 Å². The molecule has 0 spiro atoms. The molecule has 2 rings (SSSR count). The van der Waals surface area contributed by atoms with Gasteiger partial charge in [0, 0.05) is 23.8 Å². The van der Waals surface area contributed by atoms with Gasteiger partial charge in [-0.15, -0.1) is 0 Å². The lowest BCUT2D eigenvalue weighted by Crippen LogP contribution is -2.23. The molecule has 0 aliphatic heterocycles. The monoisotopic (exact) mass is 348 g/mol. The Bertz CT molecular complexity index is 644. The van der Waals surface area contributed by atoms with E-state index >= 15 is 0 Å². The molecule has 0 heterocycles. The molecule has 0 fully saturated rings. The van der Waals surface area contributed by atoms with E-state index < -0.39 is 0 Å². The molecule has 0 unspecified atom stereocenters. The first kappa shape index (κ1) is 15.5. The topological polar surface area (TPSA) is 64.3 Å². The van der Waals surface area contributed by atoms with Gasteiger partial charge < -0.3 is 15.8 Å². The van der Waals surface area contributed by atoms with Gasteiger partial charge in [-0.3, -0.25) is 4.79 Å². The number of carbonyl (C=O) groups excluding carboxylic acids is 1. The molecule has 110 valence electrons. The zero-order valence-electron chi connectivity index (χ0n) is 11.7. The van der Waals surface area contributed by atoms with Crippen LogP contribution in [0, 0.1) is 0 Å². The Morgan fingerprint density at radius 2 is 2.00 bits per heavy atom. The molecule has 4 nitrogen and oxygen atoms in total. The first-order valence-electron chi connectivity index (χ1n) is 6.50. The van der Waals surface area contributed by atoms with Crippen LogP contribution in [0.5, 0.6) is 0 Å². The van der Waals surface area contributed by atoms with Crippen LogP contribution in [0.1, 0.15) is 21.5 Å². The number of nitrogens with one attached hydrogen (secondary N) is 1. The first-order valence-corrected chi connectivity index (χ1v) is 7.29. The van der Waals surface area contributed by atoms with Crippen molar-refractivity contribution in [1.29, 1.82) is 0 Å². The normalized spacial score (nSPS) is 10.4. The third-order valence-corrected chi connectivity index (χ3v) is 3.68. The van der Waals surface area contributed by atoms with Crippen LogP contribution < -0.4 is 11.1 Å². The minimum atomic E-state index is -0.161. The van der Waals surface area contributed by atoms with E-state index in [0.29, 0.717) is 24.4 Å². The number of amides is 1. The number of hydrogen-bond donors (Lipinski definition) is 2. The Morgan fingerprint density at radius 3 is 2.76 bits per heavy atom. The lowest BCUT2D eigenvalue weighted by atomic mass is 10.1. The second-order valence-corrected chi connectivity index (χ2v) is 5.53. The number of rotatable bonds is 5. The van der Waals surface area contributed by atoms with E-state index in [1.807, 2.05) is 24.3 Å². The molecule has 0 bridgehead atoms. The maximum Gasteiger partial charge on any atom is 0.252 e. The summed E-state index contributed by atoms with van der Waals surface area (Å²) in [6.45, 7) is 1.01. The number of nitrogens with two attached hydrogens (primary N) is 1. The largest absolute Gasteiger partial charge is 0.399 e. The van der Waals surface area contributed by atoms with Crippen molar-refractivity contribution in [2.75, 3.05) is 12.8 Å². The van der Waals surface area contributed by atoms with Crippen molar-refractivity contribution in [3.63, 3.8) is 0 Å². The van der Waals surface area contributed by atoms with Crippen LogP contribution in [0.3, 0.4) is 0 Å². The maximum absolute atomic E-state index is 12.2. The van der Waals surface area contributed by atoms with Gasteiger partial charge in [-0.05, 0) is 45.3 Å². The number of carbonyl (C=O) groups is 1. The van der Waals surface area contributed by atoms with Crippen molar-refractivity contribution in [3.8, 4) is 0 Å². The molecule has 3 N–H and O–H groups in total. The summed E-state index contributed by atoms with van der Waals surface area (Å²) in [5.74, 6) is -0.161. The summed E-state index contributed by atoms with van der Waals surface area (Å²) in [6, 6.07) is 13.1. The van der Waals surface area contributed by atoms with E-state index in [1.165, 1.54) is 0 Å². The van der Waals surface area contributed by atoms with E-state index in [2.05, 4.69) is 21.2 Å². The zero-order chi connectivity index (χ0) is 15.2. The summed E-state index contributed by atoms with van der Waals surface area (Å²) in [4.78, 5) is 12.2. The van der Waals surface area contributed by atoms with Crippen LogP contribution in [0.25, 0.3) is 0 Å². The molecule has 0 radical (unpaired) electrons. The van der Waals surface area contributed by atoms with Crippen molar-refractivity contribution >= 4 is 27.5 Å².